The molecule has 0 spiro atoms. The van der Waals surface area contributed by atoms with Gasteiger partial charge in [-0.05, 0) is 18.3 Å². The number of thioether (sulfide) groups is 1. The third-order valence-corrected chi connectivity index (χ3v) is 4.83. The van der Waals surface area contributed by atoms with Gasteiger partial charge in [-0.15, -0.1) is 12.4 Å². The van der Waals surface area contributed by atoms with Crippen LogP contribution in [-0.2, 0) is 4.79 Å². The van der Waals surface area contributed by atoms with Gasteiger partial charge in [0, 0.05) is 37.1 Å². The van der Waals surface area contributed by atoms with Crippen molar-refractivity contribution in [3.8, 4) is 0 Å². The average Bonchev–Trinajstić information content (AvgIpc) is 2.25. The molecule has 1 unspecified atom stereocenters. The Morgan fingerprint density at radius 3 is 2.82 bits per heavy atom. The largest absolute Gasteiger partial charge is 0.356 e. The van der Waals surface area contributed by atoms with Gasteiger partial charge in [0.15, 0.2) is 0 Å². The number of carbonyl (C=O) groups excluding carboxylic acids is 1. The maximum Gasteiger partial charge on any atom is 0.221 e. The van der Waals surface area contributed by atoms with Gasteiger partial charge in [-0.1, -0.05) is 13.3 Å². The first kappa shape index (κ1) is 15.1. The van der Waals surface area contributed by atoms with Crippen molar-refractivity contribution in [2.45, 2.75) is 38.6 Å². The Kier molecular flexibility index (Phi) is 6.10. The Balaban J connectivity index is 0.00000144. The van der Waals surface area contributed by atoms with E-state index in [9.17, 15) is 4.79 Å². The summed E-state index contributed by atoms with van der Waals surface area (Å²) >= 11 is 1.94. The van der Waals surface area contributed by atoms with Crippen LogP contribution in [0.4, 0.5) is 0 Å². The highest BCUT2D eigenvalue weighted by atomic mass is 35.5. The molecule has 2 aliphatic rings. The first-order valence-corrected chi connectivity index (χ1v) is 7.41. The van der Waals surface area contributed by atoms with E-state index in [-0.39, 0.29) is 18.3 Å². The summed E-state index contributed by atoms with van der Waals surface area (Å²) in [4.78, 5) is 11.7. The Morgan fingerprint density at radius 1 is 1.53 bits per heavy atom. The van der Waals surface area contributed by atoms with E-state index in [0.717, 1.165) is 18.8 Å². The molecule has 0 bridgehead atoms. The number of carbonyl (C=O) groups is 1. The van der Waals surface area contributed by atoms with E-state index in [1.54, 1.807) is 0 Å². The fourth-order valence-electron chi connectivity index (χ4n) is 2.32. The van der Waals surface area contributed by atoms with Crippen molar-refractivity contribution < 1.29 is 4.79 Å². The number of halogens is 1. The molecule has 2 N–H and O–H groups in total. The molecule has 0 radical (unpaired) electrons. The van der Waals surface area contributed by atoms with Crippen LogP contribution in [-0.4, -0.2) is 36.5 Å². The molecule has 1 amide bonds. The summed E-state index contributed by atoms with van der Waals surface area (Å²) in [5.41, 5.74) is 0.393. The van der Waals surface area contributed by atoms with E-state index in [2.05, 4.69) is 17.6 Å². The molecular weight excluding hydrogens is 256 g/mol. The van der Waals surface area contributed by atoms with Crippen LogP contribution in [0.2, 0.25) is 0 Å². The van der Waals surface area contributed by atoms with Crippen LogP contribution in [0.3, 0.4) is 0 Å². The van der Waals surface area contributed by atoms with Gasteiger partial charge in [-0.25, -0.2) is 0 Å². The predicted octanol–water partition coefficient (Wildman–Crippen LogP) is 1.81. The minimum absolute atomic E-state index is 0. The lowest BCUT2D eigenvalue weighted by Crippen LogP contribution is -2.44. The third kappa shape index (κ3) is 4.68. The molecule has 1 heterocycles. The lowest BCUT2D eigenvalue weighted by molar-refractivity contribution is -0.122. The van der Waals surface area contributed by atoms with E-state index in [1.165, 1.54) is 25.0 Å². The topological polar surface area (TPSA) is 41.1 Å². The first-order chi connectivity index (χ1) is 7.68. The third-order valence-electron chi connectivity index (χ3n) is 3.70. The lowest BCUT2D eigenvalue weighted by atomic mass is 9.70. The molecule has 5 heteroatoms. The Bertz CT molecular complexity index is 253. The van der Waals surface area contributed by atoms with Crippen molar-refractivity contribution in [1.82, 2.24) is 10.6 Å². The highest BCUT2D eigenvalue weighted by Gasteiger charge is 2.32. The van der Waals surface area contributed by atoms with Gasteiger partial charge in [0.1, 0.15) is 0 Å². The number of nitrogens with one attached hydrogen (secondary N) is 2. The molecule has 2 rings (SSSR count). The SMILES string of the molecule is CC1(CNC(=O)CC2CSCCN2)CCC1.Cl. The summed E-state index contributed by atoms with van der Waals surface area (Å²) in [6.45, 7) is 4.18. The summed E-state index contributed by atoms with van der Waals surface area (Å²) in [5, 5.41) is 6.48. The van der Waals surface area contributed by atoms with Gasteiger partial charge in [-0.3, -0.25) is 4.79 Å². The quantitative estimate of drug-likeness (QED) is 0.824. The van der Waals surface area contributed by atoms with E-state index < -0.39 is 0 Å². The van der Waals surface area contributed by atoms with Gasteiger partial charge in [-0.2, -0.15) is 11.8 Å². The first-order valence-electron chi connectivity index (χ1n) is 6.26. The predicted molar refractivity (Wildman–Crippen MR) is 75.9 cm³/mol. The highest BCUT2D eigenvalue weighted by Crippen LogP contribution is 2.39. The number of hydrogen-bond acceptors (Lipinski definition) is 3. The zero-order chi connectivity index (χ0) is 11.4. The van der Waals surface area contributed by atoms with Crippen LogP contribution < -0.4 is 10.6 Å². The lowest BCUT2D eigenvalue weighted by Gasteiger charge is -2.38. The van der Waals surface area contributed by atoms with Crippen molar-refractivity contribution in [3.05, 3.63) is 0 Å². The van der Waals surface area contributed by atoms with E-state index in [1.807, 2.05) is 11.8 Å². The second-order valence-corrected chi connectivity index (χ2v) is 6.52. The molecule has 0 aromatic heterocycles. The van der Waals surface area contributed by atoms with Gasteiger partial charge >= 0.3 is 0 Å². The maximum atomic E-state index is 11.7. The summed E-state index contributed by atoms with van der Waals surface area (Å²) in [6, 6.07) is 0.382. The molecule has 17 heavy (non-hydrogen) atoms. The second kappa shape index (κ2) is 6.86. The van der Waals surface area contributed by atoms with Crippen LogP contribution in [0.25, 0.3) is 0 Å². The van der Waals surface area contributed by atoms with Gasteiger partial charge < -0.3 is 10.6 Å². The normalized spacial score (nSPS) is 26.5. The molecule has 1 atom stereocenters. The van der Waals surface area contributed by atoms with E-state index in [0.29, 0.717) is 17.9 Å². The molecular formula is C12H23ClN2OS. The second-order valence-electron chi connectivity index (χ2n) is 5.37. The van der Waals surface area contributed by atoms with E-state index >= 15 is 0 Å². The van der Waals surface area contributed by atoms with Gasteiger partial charge in [0.2, 0.25) is 5.91 Å². The van der Waals surface area contributed by atoms with Gasteiger partial charge in [0.25, 0.3) is 0 Å². The maximum absolute atomic E-state index is 11.7. The van der Waals surface area contributed by atoms with Crippen LogP contribution in [0.15, 0.2) is 0 Å². The molecule has 2 fully saturated rings. The number of hydrogen-bond donors (Lipinski definition) is 2. The molecule has 1 aliphatic heterocycles. The van der Waals surface area contributed by atoms with Crippen molar-refractivity contribution in [2.75, 3.05) is 24.6 Å². The summed E-state index contributed by atoms with van der Waals surface area (Å²) in [6.07, 6.45) is 4.51. The zero-order valence-corrected chi connectivity index (χ0v) is 12.1. The fourth-order valence-corrected chi connectivity index (χ4v) is 3.26. The highest BCUT2D eigenvalue weighted by molar-refractivity contribution is 7.99. The Morgan fingerprint density at radius 2 is 2.29 bits per heavy atom. The number of amides is 1. The average molecular weight is 279 g/mol. The van der Waals surface area contributed by atoms with Crippen molar-refractivity contribution in [3.63, 3.8) is 0 Å². The molecule has 1 aliphatic carbocycles. The summed E-state index contributed by atoms with van der Waals surface area (Å²) in [5.74, 6) is 2.47. The summed E-state index contributed by atoms with van der Waals surface area (Å²) in [7, 11) is 0. The van der Waals surface area contributed by atoms with E-state index in [4.69, 9.17) is 0 Å². The molecule has 0 aromatic carbocycles. The Hall–Kier alpha value is 0.0700. The van der Waals surface area contributed by atoms with Crippen molar-refractivity contribution in [2.24, 2.45) is 5.41 Å². The smallest absolute Gasteiger partial charge is 0.221 e. The molecule has 0 aromatic rings. The van der Waals surface area contributed by atoms with Crippen molar-refractivity contribution in [1.29, 1.82) is 0 Å². The number of rotatable bonds is 4. The van der Waals surface area contributed by atoms with Gasteiger partial charge in [0.05, 0.1) is 0 Å². The van der Waals surface area contributed by atoms with Crippen LogP contribution in [0.5, 0.6) is 0 Å². The van der Waals surface area contributed by atoms with Crippen molar-refractivity contribution >= 4 is 30.1 Å². The minimum atomic E-state index is 0. The molecule has 1 saturated heterocycles. The molecule has 1 saturated carbocycles. The summed E-state index contributed by atoms with van der Waals surface area (Å²) < 4.78 is 0. The Labute approximate surface area is 114 Å². The minimum Gasteiger partial charge on any atom is -0.356 e. The van der Waals surface area contributed by atoms with Crippen LogP contribution in [0.1, 0.15) is 32.6 Å². The fraction of sp³-hybridized carbons (Fsp3) is 0.917. The standard InChI is InChI=1S/C12H22N2OS.ClH/c1-12(3-2-4-12)9-14-11(15)7-10-8-16-6-5-13-10;/h10,13H,2-9H2,1H3,(H,14,15);1H. The van der Waals surface area contributed by atoms with Crippen LogP contribution in [0, 0.1) is 5.41 Å². The molecule has 100 valence electrons. The molecule has 3 nitrogen and oxygen atoms in total. The monoisotopic (exact) mass is 278 g/mol. The van der Waals surface area contributed by atoms with Crippen LogP contribution >= 0.6 is 24.2 Å². The zero-order valence-electron chi connectivity index (χ0n) is 10.5.